The van der Waals surface area contributed by atoms with Crippen molar-refractivity contribution in [2.24, 2.45) is 0 Å². The van der Waals surface area contributed by atoms with E-state index in [0.29, 0.717) is 12.2 Å². The van der Waals surface area contributed by atoms with Crippen LogP contribution < -0.4 is 10.2 Å². The van der Waals surface area contributed by atoms with Crippen LogP contribution >= 0.6 is 0 Å². The smallest absolute Gasteiger partial charge is 0.271 e. The lowest BCUT2D eigenvalue weighted by atomic mass is 10.1. The molecule has 0 fully saturated rings. The molecule has 1 aromatic heterocycles. The first kappa shape index (κ1) is 18.6. The minimum absolute atomic E-state index is 0.190. The Morgan fingerprint density at radius 1 is 0.926 bits per heavy atom. The van der Waals surface area contributed by atoms with Crippen LogP contribution in [0.15, 0.2) is 72.8 Å². The maximum absolute atomic E-state index is 12.2. The summed E-state index contributed by atoms with van der Waals surface area (Å²) < 4.78 is 0. The number of aryl methyl sites for hydroxylation is 1. The SMILES string of the molecule is CCN(c1ccccc1)c1ccc(C(=O)NCCCc2ccccc2)nn1. The minimum atomic E-state index is -0.190. The maximum atomic E-state index is 12.2. The van der Waals surface area contributed by atoms with Gasteiger partial charge in [0, 0.05) is 18.8 Å². The van der Waals surface area contributed by atoms with Crippen molar-refractivity contribution in [1.29, 1.82) is 0 Å². The van der Waals surface area contributed by atoms with Crippen LogP contribution in [-0.2, 0) is 6.42 Å². The van der Waals surface area contributed by atoms with Gasteiger partial charge in [-0.15, -0.1) is 10.2 Å². The first-order chi connectivity index (χ1) is 13.3. The van der Waals surface area contributed by atoms with Crippen molar-refractivity contribution in [2.75, 3.05) is 18.0 Å². The van der Waals surface area contributed by atoms with E-state index in [1.807, 2.05) is 54.6 Å². The van der Waals surface area contributed by atoms with E-state index in [0.717, 1.165) is 30.9 Å². The zero-order valence-electron chi connectivity index (χ0n) is 15.5. The number of benzene rings is 2. The fourth-order valence-corrected chi connectivity index (χ4v) is 2.90. The Bertz CT molecular complexity index is 835. The lowest BCUT2D eigenvalue weighted by molar-refractivity contribution is 0.0947. The molecule has 1 heterocycles. The van der Waals surface area contributed by atoms with E-state index in [4.69, 9.17) is 0 Å². The predicted octanol–water partition coefficient (Wildman–Crippen LogP) is 4.00. The molecular weight excluding hydrogens is 336 g/mol. The highest BCUT2D eigenvalue weighted by atomic mass is 16.1. The molecule has 0 saturated carbocycles. The third-order valence-corrected chi connectivity index (χ3v) is 4.31. The van der Waals surface area contributed by atoms with Crippen LogP contribution in [0.3, 0.4) is 0 Å². The number of para-hydroxylation sites is 1. The molecule has 27 heavy (non-hydrogen) atoms. The lowest BCUT2D eigenvalue weighted by Gasteiger charge is -2.21. The van der Waals surface area contributed by atoms with Gasteiger partial charge < -0.3 is 10.2 Å². The van der Waals surface area contributed by atoms with Crippen LogP contribution in [0.4, 0.5) is 11.5 Å². The van der Waals surface area contributed by atoms with Crippen LogP contribution in [-0.4, -0.2) is 29.2 Å². The van der Waals surface area contributed by atoms with Crippen molar-refractivity contribution >= 4 is 17.4 Å². The number of carbonyl (C=O) groups excluding carboxylic acids is 1. The van der Waals surface area contributed by atoms with Crippen LogP contribution in [0.2, 0.25) is 0 Å². The zero-order valence-corrected chi connectivity index (χ0v) is 15.5. The average molecular weight is 360 g/mol. The van der Waals surface area contributed by atoms with Crippen molar-refractivity contribution in [1.82, 2.24) is 15.5 Å². The van der Waals surface area contributed by atoms with Crippen molar-refractivity contribution in [3.8, 4) is 0 Å². The Hall–Kier alpha value is -3.21. The van der Waals surface area contributed by atoms with E-state index in [1.54, 1.807) is 6.07 Å². The van der Waals surface area contributed by atoms with E-state index < -0.39 is 0 Å². The average Bonchev–Trinajstić information content (AvgIpc) is 2.74. The molecule has 1 amide bonds. The molecule has 0 aliphatic heterocycles. The number of aromatic nitrogens is 2. The Kier molecular flexibility index (Phi) is 6.52. The second-order valence-corrected chi connectivity index (χ2v) is 6.20. The minimum Gasteiger partial charge on any atom is -0.351 e. The molecule has 1 N–H and O–H groups in total. The predicted molar refractivity (Wildman–Crippen MR) is 108 cm³/mol. The molecule has 0 aliphatic carbocycles. The van der Waals surface area contributed by atoms with Crippen molar-refractivity contribution in [2.45, 2.75) is 19.8 Å². The normalized spacial score (nSPS) is 10.4. The molecule has 5 nitrogen and oxygen atoms in total. The van der Waals surface area contributed by atoms with Gasteiger partial charge in [0.25, 0.3) is 5.91 Å². The maximum Gasteiger partial charge on any atom is 0.271 e. The number of carbonyl (C=O) groups is 1. The number of nitrogens with zero attached hydrogens (tertiary/aromatic N) is 3. The van der Waals surface area contributed by atoms with Gasteiger partial charge in [-0.05, 0) is 49.6 Å². The molecule has 0 radical (unpaired) electrons. The summed E-state index contributed by atoms with van der Waals surface area (Å²) in [5, 5.41) is 11.3. The van der Waals surface area contributed by atoms with E-state index in [-0.39, 0.29) is 5.91 Å². The Labute approximate surface area is 160 Å². The van der Waals surface area contributed by atoms with Crippen molar-refractivity contribution in [3.63, 3.8) is 0 Å². The Morgan fingerprint density at radius 2 is 1.63 bits per heavy atom. The lowest BCUT2D eigenvalue weighted by Crippen LogP contribution is -2.26. The molecule has 3 aromatic rings. The highest BCUT2D eigenvalue weighted by molar-refractivity contribution is 5.92. The molecule has 0 unspecified atom stereocenters. The molecule has 0 bridgehead atoms. The first-order valence-electron chi connectivity index (χ1n) is 9.26. The third kappa shape index (κ3) is 5.14. The molecule has 3 rings (SSSR count). The third-order valence-electron chi connectivity index (χ3n) is 4.31. The van der Waals surface area contributed by atoms with Gasteiger partial charge in [-0.2, -0.15) is 0 Å². The summed E-state index contributed by atoms with van der Waals surface area (Å²) in [6.07, 6.45) is 1.83. The van der Waals surface area contributed by atoms with Gasteiger partial charge in [0.15, 0.2) is 11.5 Å². The van der Waals surface area contributed by atoms with Crippen LogP contribution in [0.25, 0.3) is 0 Å². The molecule has 0 aliphatic rings. The number of amides is 1. The number of hydrogen-bond donors (Lipinski definition) is 1. The van der Waals surface area contributed by atoms with Gasteiger partial charge in [-0.25, -0.2) is 0 Å². The largest absolute Gasteiger partial charge is 0.351 e. The van der Waals surface area contributed by atoms with E-state index in [9.17, 15) is 4.79 Å². The summed E-state index contributed by atoms with van der Waals surface area (Å²) in [6, 6.07) is 23.8. The second-order valence-electron chi connectivity index (χ2n) is 6.20. The van der Waals surface area contributed by atoms with Gasteiger partial charge in [-0.1, -0.05) is 48.5 Å². The number of anilines is 2. The first-order valence-corrected chi connectivity index (χ1v) is 9.26. The van der Waals surface area contributed by atoms with Gasteiger partial charge >= 0.3 is 0 Å². The molecule has 0 atom stereocenters. The Balaban J connectivity index is 1.54. The molecule has 138 valence electrons. The molecule has 5 heteroatoms. The van der Waals surface area contributed by atoms with Crippen molar-refractivity contribution in [3.05, 3.63) is 84.1 Å². The van der Waals surface area contributed by atoms with Gasteiger partial charge in [-0.3, -0.25) is 4.79 Å². The monoisotopic (exact) mass is 360 g/mol. The van der Waals surface area contributed by atoms with Crippen molar-refractivity contribution < 1.29 is 4.79 Å². The summed E-state index contributed by atoms with van der Waals surface area (Å²) in [6.45, 7) is 3.44. The van der Waals surface area contributed by atoms with Gasteiger partial charge in [0.05, 0.1) is 0 Å². The number of hydrogen-bond acceptors (Lipinski definition) is 4. The summed E-state index contributed by atoms with van der Waals surface area (Å²) in [5.74, 6) is 0.536. The summed E-state index contributed by atoms with van der Waals surface area (Å²) in [7, 11) is 0. The molecular formula is C22H24N4O. The summed E-state index contributed by atoms with van der Waals surface area (Å²) in [4.78, 5) is 14.3. The van der Waals surface area contributed by atoms with E-state index in [1.165, 1.54) is 5.56 Å². The fraction of sp³-hybridized carbons (Fsp3) is 0.227. The van der Waals surface area contributed by atoms with E-state index >= 15 is 0 Å². The molecule has 0 spiro atoms. The van der Waals surface area contributed by atoms with Crippen LogP contribution in [0.1, 0.15) is 29.4 Å². The molecule has 0 saturated heterocycles. The Morgan fingerprint density at radius 3 is 2.26 bits per heavy atom. The number of nitrogens with one attached hydrogen (secondary N) is 1. The number of rotatable bonds is 8. The highest BCUT2D eigenvalue weighted by Crippen LogP contribution is 2.22. The molecule has 2 aromatic carbocycles. The standard InChI is InChI=1S/C22H24N4O/c1-2-26(19-13-7-4-8-14-19)21-16-15-20(24-25-21)22(27)23-17-9-12-18-10-5-3-6-11-18/h3-8,10-11,13-16H,2,9,12,17H2,1H3,(H,23,27). The quantitative estimate of drug-likeness (QED) is 0.617. The zero-order chi connectivity index (χ0) is 18.9. The fourth-order valence-electron chi connectivity index (χ4n) is 2.90. The second kappa shape index (κ2) is 9.48. The van der Waals surface area contributed by atoms with Gasteiger partial charge in [0.1, 0.15) is 0 Å². The van der Waals surface area contributed by atoms with Crippen LogP contribution in [0, 0.1) is 0 Å². The van der Waals surface area contributed by atoms with Gasteiger partial charge in [0.2, 0.25) is 0 Å². The van der Waals surface area contributed by atoms with E-state index in [2.05, 4.69) is 39.5 Å². The summed E-state index contributed by atoms with van der Waals surface area (Å²) >= 11 is 0. The topological polar surface area (TPSA) is 58.1 Å². The summed E-state index contributed by atoms with van der Waals surface area (Å²) in [5.41, 5.74) is 2.66. The van der Waals surface area contributed by atoms with Crippen LogP contribution in [0.5, 0.6) is 0 Å². The highest BCUT2D eigenvalue weighted by Gasteiger charge is 2.12.